The third-order valence-corrected chi connectivity index (χ3v) is 4.73. The molecule has 0 aromatic heterocycles. The van der Waals surface area contributed by atoms with E-state index in [-0.39, 0.29) is 23.4 Å². The normalized spacial score (nSPS) is 15.6. The van der Waals surface area contributed by atoms with Gasteiger partial charge in [0.1, 0.15) is 11.9 Å². The van der Waals surface area contributed by atoms with Crippen LogP contribution in [0.1, 0.15) is 52.6 Å². The highest BCUT2D eigenvalue weighted by Gasteiger charge is 2.25. The second-order valence-corrected chi connectivity index (χ2v) is 7.80. The molecule has 1 amide bonds. The fraction of sp³-hybridized carbons (Fsp3) is 0.364. The van der Waals surface area contributed by atoms with Gasteiger partial charge in [0.05, 0.1) is 19.2 Å². The third kappa shape index (κ3) is 4.30. The van der Waals surface area contributed by atoms with E-state index >= 15 is 0 Å². The average Bonchev–Trinajstić information content (AvgIpc) is 3.06. The number of fused-ring (bicyclic) bond motifs is 1. The van der Waals surface area contributed by atoms with E-state index in [1.54, 1.807) is 18.2 Å². The Bertz CT molecular complexity index is 850. The highest BCUT2D eigenvalue weighted by Crippen LogP contribution is 2.29. The van der Waals surface area contributed by atoms with Crippen LogP contribution in [0, 0.1) is 0 Å². The molecule has 1 N–H and O–H groups in total. The minimum atomic E-state index is -0.367. The predicted octanol–water partition coefficient (Wildman–Crippen LogP) is 3.50. The van der Waals surface area contributed by atoms with E-state index in [0.717, 1.165) is 11.3 Å². The summed E-state index contributed by atoms with van der Waals surface area (Å²) in [4.78, 5) is 24.0. The lowest BCUT2D eigenvalue weighted by molar-refractivity contribution is 0.0600. The summed E-state index contributed by atoms with van der Waals surface area (Å²) in [6.07, 6.45) is 0.495. The summed E-state index contributed by atoms with van der Waals surface area (Å²) in [5, 5.41) is 2.93. The maximum Gasteiger partial charge on any atom is 0.337 e. The highest BCUT2D eigenvalue weighted by atomic mass is 16.5. The first-order chi connectivity index (χ1) is 12.8. The maximum absolute atomic E-state index is 12.4. The summed E-state index contributed by atoms with van der Waals surface area (Å²) in [6, 6.07) is 12.9. The number of amides is 1. The average molecular weight is 367 g/mol. The topological polar surface area (TPSA) is 64.6 Å². The van der Waals surface area contributed by atoms with E-state index in [1.807, 2.05) is 24.3 Å². The first-order valence-electron chi connectivity index (χ1n) is 9.04. The number of hydrogen-bond acceptors (Lipinski definition) is 4. The molecular formula is C22H25NO4. The van der Waals surface area contributed by atoms with Gasteiger partial charge in [0, 0.05) is 12.0 Å². The summed E-state index contributed by atoms with van der Waals surface area (Å²) in [5.41, 5.74) is 3.33. The summed E-state index contributed by atoms with van der Waals surface area (Å²) >= 11 is 0. The molecule has 27 heavy (non-hydrogen) atoms. The molecule has 1 heterocycles. The lowest BCUT2D eigenvalue weighted by atomic mass is 9.87. The Kier molecular flexibility index (Phi) is 5.22. The van der Waals surface area contributed by atoms with Gasteiger partial charge in [0.2, 0.25) is 0 Å². The Balaban J connectivity index is 1.57. The van der Waals surface area contributed by atoms with Gasteiger partial charge in [-0.05, 0) is 46.9 Å². The Hall–Kier alpha value is -2.82. The maximum atomic E-state index is 12.4. The number of nitrogens with one attached hydrogen (secondary N) is 1. The van der Waals surface area contributed by atoms with Crippen molar-refractivity contribution in [1.29, 1.82) is 0 Å². The Morgan fingerprint density at radius 1 is 1.11 bits per heavy atom. The largest absolute Gasteiger partial charge is 0.488 e. The molecule has 2 aromatic rings. The van der Waals surface area contributed by atoms with Crippen LogP contribution in [0.4, 0.5) is 0 Å². The third-order valence-electron chi connectivity index (χ3n) is 4.73. The van der Waals surface area contributed by atoms with Crippen molar-refractivity contribution in [3.8, 4) is 5.75 Å². The molecule has 1 aliphatic rings. The van der Waals surface area contributed by atoms with Gasteiger partial charge < -0.3 is 14.8 Å². The van der Waals surface area contributed by atoms with Crippen LogP contribution in [0.2, 0.25) is 0 Å². The molecule has 0 saturated carbocycles. The van der Waals surface area contributed by atoms with Crippen molar-refractivity contribution in [2.45, 2.75) is 38.7 Å². The minimum Gasteiger partial charge on any atom is -0.488 e. The fourth-order valence-corrected chi connectivity index (χ4v) is 3.11. The van der Waals surface area contributed by atoms with Crippen molar-refractivity contribution in [1.82, 2.24) is 5.32 Å². The molecule has 1 aliphatic heterocycles. The molecule has 5 nitrogen and oxygen atoms in total. The summed E-state index contributed by atoms with van der Waals surface area (Å²) in [6.45, 7) is 6.83. The van der Waals surface area contributed by atoms with Crippen LogP contribution in [0.15, 0.2) is 42.5 Å². The van der Waals surface area contributed by atoms with Gasteiger partial charge >= 0.3 is 5.97 Å². The van der Waals surface area contributed by atoms with Crippen molar-refractivity contribution in [3.63, 3.8) is 0 Å². The zero-order valence-electron chi connectivity index (χ0n) is 16.2. The van der Waals surface area contributed by atoms with Gasteiger partial charge in [0.15, 0.2) is 0 Å². The van der Waals surface area contributed by atoms with Crippen LogP contribution in [0.25, 0.3) is 0 Å². The van der Waals surface area contributed by atoms with E-state index < -0.39 is 0 Å². The number of rotatable bonds is 4. The molecular weight excluding hydrogens is 342 g/mol. The van der Waals surface area contributed by atoms with Crippen LogP contribution in [0.5, 0.6) is 5.75 Å². The van der Waals surface area contributed by atoms with E-state index in [4.69, 9.17) is 9.47 Å². The molecule has 0 radical (unpaired) electrons. The Labute approximate surface area is 159 Å². The van der Waals surface area contributed by atoms with Crippen LogP contribution in [-0.2, 0) is 16.6 Å². The van der Waals surface area contributed by atoms with Gasteiger partial charge in [-0.25, -0.2) is 4.79 Å². The molecule has 0 aliphatic carbocycles. The van der Waals surface area contributed by atoms with Gasteiger partial charge in [-0.15, -0.1) is 0 Å². The monoisotopic (exact) mass is 367 g/mol. The number of ether oxygens (including phenoxy) is 2. The quantitative estimate of drug-likeness (QED) is 0.840. The van der Waals surface area contributed by atoms with Crippen LogP contribution in [-0.4, -0.2) is 31.6 Å². The number of carbonyl (C=O) groups is 2. The molecule has 5 heteroatoms. The number of carbonyl (C=O) groups excluding carboxylic acids is 2. The smallest absolute Gasteiger partial charge is 0.337 e. The van der Waals surface area contributed by atoms with E-state index in [1.165, 1.54) is 12.7 Å². The van der Waals surface area contributed by atoms with E-state index in [0.29, 0.717) is 24.1 Å². The first kappa shape index (κ1) is 19.0. The lowest BCUT2D eigenvalue weighted by Gasteiger charge is -2.19. The van der Waals surface area contributed by atoms with Crippen LogP contribution >= 0.6 is 0 Å². The fourth-order valence-electron chi connectivity index (χ4n) is 3.11. The summed E-state index contributed by atoms with van der Waals surface area (Å²) in [5.74, 6) is 0.259. The minimum absolute atomic E-state index is 0.0571. The SMILES string of the molecule is COC(=O)c1ccc2c(c1)CC(CNC(=O)c1ccc(C(C)(C)C)cc1)O2. The molecule has 142 valence electrons. The predicted molar refractivity (Wildman–Crippen MR) is 103 cm³/mol. The van der Waals surface area contributed by atoms with Crippen molar-refractivity contribution < 1.29 is 19.1 Å². The summed E-state index contributed by atoms with van der Waals surface area (Å²) < 4.78 is 10.6. The van der Waals surface area contributed by atoms with Gasteiger partial charge in [0.25, 0.3) is 5.91 Å². The zero-order chi connectivity index (χ0) is 19.6. The number of hydrogen-bond donors (Lipinski definition) is 1. The first-order valence-corrected chi connectivity index (χ1v) is 9.04. The highest BCUT2D eigenvalue weighted by molar-refractivity contribution is 5.94. The van der Waals surface area contributed by atoms with Gasteiger partial charge in [-0.3, -0.25) is 4.79 Å². The molecule has 1 unspecified atom stereocenters. The van der Waals surface area contributed by atoms with Crippen molar-refractivity contribution >= 4 is 11.9 Å². The molecule has 0 saturated heterocycles. The van der Waals surface area contributed by atoms with E-state index in [9.17, 15) is 9.59 Å². The van der Waals surface area contributed by atoms with Crippen molar-refractivity contribution in [2.24, 2.45) is 0 Å². The molecule has 1 atom stereocenters. The van der Waals surface area contributed by atoms with Crippen molar-refractivity contribution in [2.75, 3.05) is 13.7 Å². The Morgan fingerprint density at radius 3 is 2.41 bits per heavy atom. The second-order valence-electron chi connectivity index (χ2n) is 7.80. The number of esters is 1. The van der Waals surface area contributed by atoms with Crippen LogP contribution < -0.4 is 10.1 Å². The molecule has 3 rings (SSSR count). The molecule has 0 bridgehead atoms. The van der Waals surface area contributed by atoms with Crippen molar-refractivity contribution in [3.05, 3.63) is 64.7 Å². The van der Waals surface area contributed by atoms with Gasteiger partial charge in [-0.2, -0.15) is 0 Å². The number of benzene rings is 2. The standard InChI is InChI=1S/C22H25NO4/c1-22(2,3)17-8-5-14(6-9-17)20(24)23-13-18-12-16-11-15(21(25)26-4)7-10-19(16)27-18/h5-11,18H,12-13H2,1-4H3,(H,23,24). The van der Waals surface area contributed by atoms with E-state index in [2.05, 4.69) is 26.1 Å². The Morgan fingerprint density at radius 2 is 1.78 bits per heavy atom. The lowest BCUT2D eigenvalue weighted by Crippen LogP contribution is -2.34. The summed E-state index contributed by atoms with van der Waals surface area (Å²) in [7, 11) is 1.36. The molecule has 0 spiro atoms. The number of methoxy groups -OCH3 is 1. The molecule has 0 fully saturated rings. The van der Waals surface area contributed by atoms with Crippen LogP contribution in [0.3, 0.4) is 0 Å². The molecule has 2 aromatic carbocycles. The zero-order valence-corrected chi connectivity index (χ0v) is 16.2. The second kappa shape index (κ2) is 7.43. The van der Waals surface area contributed by atoms with Gasteiger partial charge in [-0.1, -0.05) is 32.9 Å².